The standard InChI is InChI=1S/C25H27ClN2O6S/c1-15-12-20(26)19-14-22(28(3)21(19)13-15)23(29)27-16(2)17-4-6-18(7-5-17)35(32,33)25(24(30)31)8-10-34-11-9-25/h4-7,12-14,16H,8-11H2,1-3H3,(H,27,29)(H,30,31). The van der Waals surface area contributed by atoms with Crippen molar-refractivity contribution in [2.75, 3.05) is 13.2 Å². The molecule has 1 fully saturated rings. The zero-order valence-corrected chi connectivity index (χ0v) is 21.2. The summed E-state index contributed by atoms with van der Waals surface area (Å²) in [6, 6.07) is 11.1. The Bertz CT molecular complexity index is 1410. The Morgan fingerprint density at radius 1 is 1.14 bits per heavy atom. The zero-order chi connectivity index (χ0) is 25.5. The SMILES string of the molecule is Cc1cc(Cl)c2cc(C(=O)NC(C)c3ccc(S(=O)(=O)C4(C(=O)O)CCOCC4)cc3)n(C)c2c1. The van der Waals surface area contributed by atoms with E-state index in [1.807, 2.05) is 19.1 Å². The lowest BCUT2D eigenvalue weighted by molar-refractivity contribution is -0.142. The summed E-state index contributed by atoms with van der Waals surface area (Å²) in [5.41, 5.74) is 2.97. The number of sulfone groups is 1. The minimum absolute atomic E-state index is 0.0669. The Kier molecular flexibility index (Phi) is 6.70. The predicted molar refractivity (Wildman–Crippen MR) is 133 cm³/mol. The van der Waals surface area contributed by atoms with E-state index in [2.05, 4.69) is 5.32 Å². The fraction of sp³-hybridized carbons (Fsp3) is 0.360. The predicted octanol–water partition coefficient (Wildman–Crippen LogP) is 4.04. The van der Waals surface area contributed by atoms with Crippen LogP contribution < -0.4 is 5.32 Å². The number of ether oxygens (including phenoxy) is 1. The lowest BCUT2D eigenvalue weighted by Crippen LogP contribution is -2.50. The summed E-state index contributed by atoms with van der Waals surface area (Å²) in [7, 11) is -2.34. The fourth-order valence-electron chi connectivity index (χ4n) is 4.55. The second kappa shape index (κ2) is 9.29. The van der Waals surface area contributed by atoms with Crippen molar-refractivity contribution in [3.63, 3.8) is 0 Å². The van der Waals surface area contributed by atoms with E-state index in [1.165, 1.54) is 12.1 Å². The summed E-state index contributed by atoms with van der Waals surface area (Å²) in [6.45, 7) is 3.87. The van der Waals surface area contributed by atoms with Crippen LogP contribution in [0.3, 0.4) is 0 Å². The molecule has 1 aliphatic heterocycles. The first-order valence-electron chi connectivity index (χ1n) is 11.2. The van der Waals surface area contributed by atoms with Crippen LogP contribution in [0.15, 0.2) is 47.4 Å². The Morgan fingerprint density at radius 3 is 2.37 bits per heavy atom. The number of nitrogens with one attached hydrogen (secondary N) is 1. The van der Waals surface area contributed by atoms with Crippen molar-refractivity contribution >= 4 is 44.2 Å². The quantitative estimate of drug-likeness (QED) is 0.509. The first kappa shape index (κ1) is 25.2. The molecule has 2 aromatic carbocycles. The highest BCUT2D eigenvalue weighted by molar-refractivity contribution is 7.93. The molecule has 4 rings (SSSR count). The summed E-state index contributed by atoms with van der Waals surface area (Å²) < 4.78 is 31.6. The molecule has 0 bridgehead atoms. The molecular weight excluding hydrogens is 492 g/mol. The molecule has 1 aliphatic rings. The molecule has 35 heavy (non-hydrogen) atoms. The number of rotatable bonds is 6. The van der Waals surface area contributed by atoms with Gasteiger partial charge >= 0.3 is 5.97 Å². The molecule has 1 atom stereocenters. The number of carboxylic acids is 1. The summed E-state index contributed by atoms with van der Waals surface area (Å²) in [5.74, 6) is -1.66. The first-order chi connectivity index (χ1) is 16.5. The van der Waals surface area contributed by atoms with Crippen molar-refractivity contribution in [3.05, 3.63) is 64.3 Å². The van der Waals surface area contributed by atoms with E-state index in [4.69, 9.17) is 16.3 Å². The van der Waals surface area contributed by atoms with Crippen molar-refractivity contribution in [1.82, 2.24) is 9.88 Å². The lowest BCUT2D eigenvalue weighted by Gasteiger charge is -2.32. The highest BCUT2D eigenvalue weighted by Crippen LogP contribution is 2.36. The third-order valence-corrected chi connectivity index (χ3v) is 9.55. The third kappa shape index (κ3) is 4.32. The molecule has 1 saturated heterocycles. The van der Waals surface area contributed by atoms with E-state index in [0.29, 0.717) is 16.3 Å². The van der Waals surface area contributed by atoms with Crippen LogP contribution in [-0.2, 0) is 26.4 Å². The van der Waals surface area contributed by atoms with Crippen LogP contribution in [0.25, 0.3) is 10.9 Å². The smallest absolute Gasteiger partial charge is 0.325 e. The van der Waals surface area contributed by atoms with Gasteiger partial charge in [-0.2, -0.15) is 0 Å². The second-order valence-corrected chi connectivity index (χ2v) is 11.6. The molecule has 2 heterocycles. The molecule has 1 amide bonds. The van der Waals surface area contributed by atoms with E-state index in [1.54, 1.807) is 36.7 Å². The van der Waals surface area contributed by atoms with Crippen LogP contribution in [0.2, 0.25) is 5.02 Å². The van der Waals surface area contributed by atoms with Crippen molar-refractivity contribution in [2.24, 2.45) is 7.05 Å². The maximum atomic E-state index is 13.2. The third-order valence-electron chi connectivity index (χ3n) is 6.73. The van der Waals surface area contributed by atoms with Gasteiger partial charge in [-0.25, -0.2) is 8.42 Å². The number of carbonyl (C=O) groups excluding carboxylic acids is 1. The molecule has 2 N–H and O–H groups in total. The van der Waals surface area contributed by atoms with Crippen LogP contribution in [0.4, 0.5) is 0 Å². The zero-order valence-electron chi connectivity index (χ0n) is 19.7. The number of carboxylic acid groups (broad SMARTS) is 1. The van der Waals surface area contributed by atoms with Gasteiger partial charge in [0.1, 0.15) is 5.69 Å². The molecule has 0 radical (unpaired) electrons. The molecule has 1 unspecified atom stereocenters. The maximum absolute atomic E-state index is 13.2. The first-order valence-corrected chi connectivity index (χ1v) is 13.1. The molecule has 0 aliphatic carbocycles. The van der Waals surface area contributed by atoms with Crippen LogP contribution >= 0.6 is 11.6 Å². The van der Waals surface area contributed by atoms with Gasteiger partial charge < -0.3 is 19.7 Å². The van der Waals surface area contributed by atoms with Crippen molar-refractivity contribution in [3.8, 4) is 0 Å². The lowest BCUT2D eigenvalue weighted by atomic mass is 9.99. The van der Waals surface area contributed by atoms with Gasteiger partial charge in [0, 0.05) is 38.5 Å². The van der Waals surface area contributed by atoms with Gasteiger partial charge in [0.25, 0.3) is 5.91 Å². The molecule has 1 aromatic heterocycles. The monoisotopic (exact) mass is 518 g/mol. The number of nitrogens with zero attached hydrogens (tertiary/aromatic N) is 1. The number of benzene rings is 2. The van der Waals surface area contributed by atoms with E-state index in [0.717, 1.165) is 16.5 Å². The van der Waals surface area contributed by atoms with Gasteiger partial charge in [-0.3, -0.25) is 9.59 Å². The molecule has 0 saturated carbocycles. The summed E-state index contributed by atoms with van der Waals surface area (Å²) >= 11 is 6.35. The minimum atomic E-state index is -4.14. The van der Waals surface area contributed by atoms with Crippen molar-refractivity contribution < 1.29 is 27.9 Å². The topological polar surface area (TPSA) is 115 Å². The van der Waals surface area contributed by atoms with Crippen LogP contribution in [-0.4, -0.2) is 47.9 Å². The van der Waals surface area contributed by atoms with Gasteiger partial charge in [0.2, 0.25) is 0 Å². The van der Waals surface area contributed by atoms with E-state index in [9.17, 15) is 23.1 Å². The number of amides is 1. The normalized spacial score (nSPS) is 16.7. The van der Waals surface area contributed by atoms with Crippen molar-refractivity contribution in [1.29, 1.82) is 0 Å². The second-order valence-electron chi connectivity index (χ2n) is 8.95. The Hall–Kier alpha value is -2.88. The van der Waals surface area contributed by atoms with E-state index in [-0.39, 0.29) is 36.9 Å². The van der Waals surface area contributed by atoms with E-state index >= 15 is 0 Å². The number of hydrogen-bond donors (Lipinski definition) is 2. The molecule has 186 valence electrons. The highest BCUT2D eigenvalue weighted by Gasteiger charge is 2.52. The van der Waals surface area contributed by atoms with Crippen molar-refractivity contribution in [2.45, 2.75) is 42.4 Å². The molecular formula is C25H27ClN2O6S. The molecule has 0 spiro atoms. The average molecular weight is 519 g/mol. The van der Waals surface area contributed by atoms with Gasteiger partial charge in [-0.1, -0.05) is 23.7 Å². The number of aryl methyl sites for hydroxylation is 2. The van der Waals surface area contributed by atoms with Crippen LogP contribution in [0.5, 0.6) is 0 Å². The molecule has 8 nitrogen and oxygen atoms in total. The average Bonchev–Trinajstić information content (AvgIpc) is 3.16. The Labute approximate surface area is 208 Å². The summed E-state index contributed by atoms with van der Waals surface area (Å²) in [4.78, 5) is 24.9. The number of halogens is 1. The fourth-order valence-corrected chi connectivity index (χ4v) is 6.75. The summed E-state index contributed by atoms with van der Waals surface area (Å²) in [5, 5.41) is 14.0. The number of fused-ring (bicyclic) bond motifs is 1. The largest absolute Gasteiger partial charge is 0.480 e. The maximum Gasteiger partial charge on any atom is 0.325 e. The van der Waals surface area contributed by atoms with Gasteiger partial charge in [0.05, 0.1) is 21.5 Å². The van der Waals surface area contributed by atoms with Gasteiger partial charge in [-0.05, 0) is 55.3 Å². The minimum Gasteiger partial charge on any atom is -0.480 e. The Morgan fingerprint density at radius 2 is 1.77 bits per heavy atom. The number of carbonyl (C=O) groups is 2. The highest BCUT2D eigenvalue weighted by atomic mass is 35.5. The van der Waals surface area contributed by atoms with Crippen LogP contribution in [0, 0.1) is 6.92 Å². The molecule has 3 aromatic rings. The number of aliphatic carboxylic acids is 1. The van der Waals surface area contributed by atoms with Crippen LogP contribution in [0.1, 0.15) is 47.4 Å². The number of hydrogen-bond acceptors (Lipinski definition) is 5. The molecule has 10 heteroatoms. The van der Waals surface area contributed by atoms with Gasteiger partial charge in [0.15, 0.2) is 14.6 Å². The number of aromatic nitrogens is 1. The van der Waals surface area contributed by atoms with Gasteiger partial charge in [-0.15, -0.1) is 0 Å². The Balaban J connectivity index is 1.56. The summed E-state index contributed by atoms with van der Waals surface area (Å²) in [6.07, 6.45) is -0.207. The van der Waals surface area contributed by atoms with E-state index < -0.39 is 26.6 Å².